The average molecular weight is 210 g/mol. The first-order valence-corrected chi connectivity index (χ1v) is 6.29. The minimum Gasteiger partial charge on any atom is -0.0988 e. The maximum atomic E-state index is 3.56. The summed E-state index contributed by atoms with van der Waals surface area (Å²) in [6.07, 6.45) is 8.54. The standard InChI is InChI=1S/C10H22.C5H8/c1-5-9-10(6-2,7-3)8-4;1-4-5(2)3/h5-9H2,1-4H3;4H,1-2H2,3H3. The molecule has 0 aliphatic rings. The molecule has 0 atom stereocenters. The van der Waals surface area contributed by atoms with Gasteiger partial charge < -0.3 is 0 Å². The van der Waals surface area contributed by atoms with E-state index < -0.39 is 0 Å². The molecule has 0 heterocycles. The zero-order valence-electron chi connectivity index (χ0n) is 11.5. The third kappa shape index (κ3) is 8.47. The highest BCUT2D eigenvalue weighted by atomic mass is 14.3. The highest BCUT2D eigenvalue weighted by Gasteiger charge is 2.21. The minimum atomic E-state index is 0.675. The van der Waals surface area contributed by atoms with E-state index in [4.69, 9.17) is 0 Å². The molecule has 0 amide bonds. The van der Waals surface area contributed by atoms with Crippen LogP contribution in [0.5, 0.6) is 0 Å². The molecule has 90 valence electrons. The molecule has 0 saturated carbocycles. The van der Waals surface area contributed by atoms with Crippen LogP contribution in [0.2, 0.25) is 0 Å². The van der Waals surface area contributed by atoms with Crippen LogP contribution in [-0.2, 0) is 0 Å². The molecule has 15 heavy (non-hydrogen) atoms. The normalized spacial score (nSPS) is 10.2. The maximum Gasteiger partial charge on any atom is -0.0305 e. The Hall–Kier alpha value is -0.520. The molecule has 0 spiro atoms. The number of hydrogen-bond donors (Lipinski definition) is 0. The number of hydrogen-bond acceptors (Lipinski definition) is 0. The van der Waals surface area contributed by atoms with Crippen molar-refractivity contribution < 1.29 is 0 Å². The minimum absolute atomic E-state index is 0.675. The third-order valence-electron chi connectivity index (χ3n) is 3.38. The SMILES string of the molecule is C=CC(=C)C.CCCC(CC)(CC)CC. The zero-order chi connectivity index (χ0) is 12.3. The van der Waals surface area contributed by atoms with Crippen molar-refractivity contribution in [2.24, 2.45) is 5.41 Å². The van der Waals surface area contributed by atoms with Gasteiger partial charge in [-0.3, -0.25) is 0 Å². The van der Waals surface area contributed by atoms with Gasteiger partial charge in [-0.05, 0) is 18.8 Å². The second-order valence-electron chi connectivity index (χ2n) is 4.36. The van der Waals surface area contributed by atoms with Crippen LogP contribution in [0.1, 0.15) is 66.7 Å². The lowest BCUT2D eigenvalue weighted by Crippen LogP contribution is -2.16. The zero-order valence-corrected chi connectivity index (χ0v) is 11.5. The van der Waals surface area contributed by atoms with Gasteiger partial charge in [0.25, 0.3) is 0 Å². The van der Waals surface area contributed by atoms with Crippen LogP contribution in [0.4, 0.5) is 0 Å². The lowest BCUT2D eigenvalue weighted by Gasteiger charge is -2.29. The lowest BCUT2D eigenvalue weighted by molar-refractivity contribution is 0.226. The molecule has 0 saturated heterocycles. The maximum absolute atomic E-state index is 3.56. The number of allylic oxidation sites excluding steroid dienone is 2. The van der Waals surface area contributed by atoms with Gasteiger partial charge in [-0.1, -0.05) is 78.2 Å². The summed E-state index contributed by atoms with van der Waals surface area (Å²) in [4.78, 5) is 0. The Morgan fingerprint density at radius 1 is 1.07 bits per heavy atom. The molecule has 0 radical (unpaired) electrons. The molecule has 0 aromatic heterocycles. The summed E-state index contributed by atoms with van der Waals surface area (Å²) in [5, 5.41) is 0. The first-order chi connectivity index (χ1) is 7.01. The first kappa shape index (κ1) is 16.9. The van der Waals surface area contributed by atoms with Gasteiger partial charge in [0.15, 0.2) is 0 Å². The molecule has 0 aliphatic heterocycles. The second-order valence-corrected chi connectivity index (χ2v) is 4.36. The largest absolute Gasteiger partial charge is 0.0988 e. The molecule has 0 aliphatic carbocycles. The average Bonchev–Trinajstić information content (AvgIpc) is 2.27. The number of rotatable bonds is 6. The molecule has 0 fully saturated rings. The van der Waals surface area contributed by atoms with Gasteiger partial charge in [0.2, 0.25) is 0 Å². The predicted molar refractivity (Wildman–Crippen MR) is 73.2 cm³/mol. The van der Waals surface area contributed by atoms with Crippen LogP contribution >= 0.6 is 0 Å². The third-order valence-corrected chi connectivity index (χ3v) is 3.38. The molecular weight excluding hydrogens is 180 g/mol. The molecular formula is C15H30. The fourth-order valence-corrected chi connectivity index (χ4v) is 1.81. The van der Waals surface area contributed by atoms with E-state index in [2.05, 4.69) is 40.9 Å². The van der Waals surface area contributed by atoms with Crippen LogP contribution in [0.15, 0.2) is 24.8 Å². The van der Waals surface area contributed by atoms with E-state index in [1.165, 1.54) is 32.1 Å². The highest BCUT2D eigenvalue weighted by molar-refractivity contribution is 5.05. The van der Waals surface area contributed by atoms with Crippen LogP contribution < -0.4 is 0 Å². The van der Waals surface area contributed by atoms with E-state index in [0.29, 0.717) is 5.41 Å². The van der Waals surface area contributed by atoms with Crippen molar-refractivity contribution in [3.63, 3.8) is 0 Å². The quantitative estimate of drug-likeness (QED) is 0.489. The van der Waals surface area contributed by atoms with E-state index in [-0.39, 0.29) is 0 Å². The monoisotopic (exact) mass is 210 g/mol. The fourth-order valence-electron chi connectivity index (χ4n) is 1.81. The van der Waals surface area contributed by atoms with Crippen molar-refractivity contribution in [1.29, 1.82) is 0 Å². The molecule has 0 unspecified atom stereocenters. The van der Waals surface area contributed by atoms with Crippen molar-refractivity contribution in [2.75, 3.05) is 0 Å². The topological polar surface area (TPSA) is 0 Å². The van der Waals surface area contributed by atoms with Gasteiger partial charge in [-0.2, -0.15) is 0 Å². The Labute approximate surface area is 97.5 Å². The van der Waals surface area contributed by atoms with E-state index in [0.717, 1.165) is 5.57 Å². The van der Waals surface area contributed by atoms with E-state index >= 15 is 0 Å². The van der Waals surface area contributed by atoms with Crippen molar-refractivity contribution in [2.45, 2.75) is 66.7 Å². The summed E-state index contributed by atoms with van der Waals surface area (Å²) in [6, 6.07) is 0. The molecule has 0 aromatic rings. The van der Waals surface area contributed by atoms with Crippen molar-refractivity contribution in [3.05, 3.63) is 24.8 Å². The smallest absolute Gasteiger partial charge is 0.0305 e. The van der Waals surface area contributed by atoms with Gasteiger partial charge in [0, 0.05) is 0 Å². The van der Waals surface area contributed by atoms with E-state index in [1.807, 2.05) is 6.92 Å². The van der Waals surface area contributed by atoms with E-state index in [9.17, 15) is 0 Å². The second kappa shape index (κ2) is 10.0. The summed E-state index contributed by atoms with van der Waals surface area (Å²) in [5.41, 5.74) is 1.69. The van der Waals surface area contributed by atoms with Crippen molar-refractivity contribution >= 4 is 0 Å². The summed E-state index contributed by atoms with van der Waals surface area (Å²) >= 11 is 0. The molecule has 0 rings (SSSR count). The molecule has 0 N–H and O–H groups in total. The van der Waals surface area contributed by atoms with Crippen LogP contribution in [0.3, 0.4) is 0 Å². The molecule has 0 nitrogen and oxygen atoms in total. The lowest BCUT2D eigenvalue weighted by atomic mass is 9.76. The molecule has 0 bridgehead atoms. The van der Waals surface area contributed by atoms with Gasteiger partial charge in [-0.25, -0.2) is 0 Å². The summed E-state index contributed by atoms with van der Waals surface area (Å²) in [6.45, 7) is 18.2. The highest BCUT2D eigenvalue weighted by Crippen LogP contribution is 2.34. The molecule has 0 heteroatoms. The fraction of sp³-hybridized carbons (Fsp3) is 0.733. The first-order valence-electron chi connectivity index (χ1n) is 6.29. The van der Waals surface area contributed by atoms with Crippen LogP contribution in [0, 0.1) is 5.41 Å². The van der Waals surface area contributed by atoms with Gasteiger partial charge in [-0.15, -0.1) is 0 Å². The summed E-state index contributed by atoms with van der Waals surface area (Å²) < 4.78 is 0. The Morgan fingerprint density at radius 3 is 1.47 bits per heavy atom. The Kier molecular flexibility index (Phi) is 11.3. The van der Waals surface area contributed by atoms with Crippen LogP contribution in [-0.4, -0.2) is 0 Å². The van der Waals surface area contributed by atoms with E-state index in [1.54, 1.807) is 6.08 Å². The summed E-state index contributed by atoms with van der Waals surface area (Å²) in [5.74, 6) is 0. The Bertz CT molecular complexity index is 153. The summed E-state index contributed by atoms with van der Waals surface area (Å²) in [7, 11) is 0. The predicted octanol–water partition coefficient (Wildman–Crippen LogP) is 5.75. The molecule has 0 aromatic carbocycles. The van der Waals surface area contributed by atoms with Gasteiger partial charge >= 0.3 is 0 Å². The van der Waals surface area contributed by atoms with Crippen LogP contribution in [0.25, 0.3) is 0 Å². The van der Waals surface area contributed by atoms with Gasteiger partial charge in [0.1, 0.15) is 0 Å². The Morgan fingerprint density at radius 2 is 1.40 bits per heavy atom. The van der Waals surface area contributed by atoms with Crippen molar-refractivity contribution in [1.82, 2.24) is 0 Å². The van der Waals surface area contributed by atoms with Crippen molar-refractivity contribution in [3.8, 4) is 0 Å². The van der Waals surface area contributed by atoms with Gasteiger partial charge in [0.05, 0.1) is 0 Å². The Balaban J connectivity index is 0.